The second-order valence-electron chi connectivity index (χ2n) is 4.47. The number of aliphatic hydroxyl groups excluding tert-OH is 3. The molecule has 2 atom stereocenters. The van der Waals surface area contributed by atoms with Gasteiger partial charge in [-0.05, 0) is 12.1 Å². The highest BCUT2D eigenvalue weighted by atomic mass is 16.6. The fourth-order valence-electron chi connectivity index (χ4n) is 1.86. The number of aliphatic hydroxyl groups is 3. The lowest BCUT2D eigenvalue weighted by atomic mass is 10.1. The van der Waals surface area contributed by atoms with Gasteiger partial charge in [-0.3, -0.25) is 0 Å². The smallest absolute Gasteiger partial charge is 0.163 e. The monoisotopic (exact) mass is 269 g/mol. The fraction of sp³-hybridized carbons (Fsp3) is 0.538. The molecular formula is C13H19NO5. The molecule has 2 rings (SSSR count). The van der Waals surface area contributed by atoms with Crippen LogP contribution in [0.1, 0.15) is 6.42 Å². The Morgan fingerprint density at radius 1 is 1.11 bits per heavy atom. The summed E-state index contributed by atoms with van der Waals surface area (Å²) in [5, 5.41) is 30.6. The molecule has 0 radical (unpaired) electrons. The number of hydrogen-bond acceptors (Lipinski definition) is 6. The quantitative estimate of drug-likeness (QED) is 0.580. The predicted octanol–water partition coefficient (Wildman–Crippen LogP) is -0.0261. The molecule has 6 nitrogen and oxygen atoms in total. The van der Waals surface area contributed by atoms with E-state index in [0.717, 1.165) is 5.69 Å². The summed E-state index contributed by atoms with van der Waals surface area (Å²) in [4.78, 5) is 0. The second kappa shape index (κ2) is 6.60. The third-order valence-electron chi connectivity index (χ3n) is 2.84. The van der Waals surface area contributed by atoms with Crippen LogP contribution in [0.2, 0.25) is 0 Å². The molecule has 0 spiro atoms. The Morgan fingerprint density at radius 2 is 1.84 bits per heavy atom. The Morgan fingerprint density at radius 3 is 2.58 bits per heavy atom. The largest absolute Gasteiger partial charge is 0.486 e. The van der Waals surface area contributed by atoms with Crippen molar-refractivity contribution in [3.63, 3.8) is 0 Å². The Balaban J connectivity index is 1.86. The molecule has 0 aromatic heterocycles. The molecule has 0 aliphatic carbocycles. The van der Waals surface area contributed by atoms with Crippen LogP contribution >= 0.6 is 0 Å². The zero-order valence-electron chi connectivity index (χ0n) is 10.6. The van der Waals surface area contributed by atoms with Crippen molar-refractivity contribution in [1.82, 2.24) is 0 Å². The minimum absolute atomic E-state index is 0.133. The van der Waals surface area contributed by atoms with Gasteiger partial charge in [0.25, 0.3) is 0 Å². The minimum Gasteiger partial charge on any atom is -0.486 e. The standard InChI is InChI=1S/C13H19NO5/c15-8-11(17)6-10(16)7-14-9-1-2-12-13(5-9)19-4-3-18-12/h1-2,5,10-11,14-17H,3-4,6-8H2. The van der Waals surface area contributed by atoms with Gasteiger partial charge in [-0.15, -0.1) is 0 Å². The average molecular weight is 269 g/mol. The van der Waals surface area contributed by atoms with Gasteiger partial charge in [0, 0.05) is 24.7 Å². The first-order valence-corrected chi connectivity index (χ1v) is 6.29. The average Bonchev–Trinajstić information content (AvgIpc) is 2.44. The highest BCUT2D eigenvalue weighted by Gasteiger charge is 2.13. The van der Waals surface area contributed by atoms with Gasteiger partial charge in [-0.25, -0.2) is 0 Å². The number of rotatable bonds is 6. The lowest BCUT2D eigenvalue weighted by molar-refractivity contribution is 0.0460. The van der Waals surface area contributed by atoms with Crippen LogP contribution in [0.25, 0.3) is 0 Å². The number of nitrogens with one attached hydrogen (secondary N) is 1. The Kier molecular flexibility index (Phi) is 4.84. The van der Waals surface area contributed by atoms with Gasteiger partial charge in [0.1, 0.15) is 13.2 Å². The van der Waals surface area contributed by atoms with Crippen LogP contribution in [0, 0.1) is 0 Å². The van der Waals surface area contributed by atoms with Gasteiger partial charge in [0.05, 0.1) is 18.8 Å². The number of benzene rings is 1. The van der Waals surface area contributed by atoms with E-state index in [1.165, 1.54) is 0 Å². The maximum absolute atomic E-state index is 9.66. The van der Waals surface area contributed by atoms with Crippen LogP contribution < -0.4 is 14.8 Å². The molecule has 4 N–H and O–H groups in total. The summed E-state index contributed by atoms with van der Waals surface area (Å²) >= 11 is 0. The van der Waals surface area contributed by atoms with Crippen molar-refractivity contribution in [3.8, 4) is 11.5 Å². The zero-order valence-corrected chi connectivity index (χ0v) is 10.6. The van der Waals surface area contributed by atoms with Gasteiger partial charge in [0.15, 0.2) is 11.5 Å². The van der Waals surface area contributed by atoms with E-state index >= 15 is 0 Å². The van der Waals surface area contributed by atoms with Crippen LogP contribution in [0.5, 0.6) is 11.5 Å². The van der Waals surface area contributed by atoms with Crippen molar-refractivity contribution in [2.24, 2.45) is 0 Å². The van der Waals surface area contributed by atoms with E-state index in [-0.39, 0.29) is 19.6 Å². The minimum atomic E-state index is -0.892. The van der Waals surface area contributed by atoms with Gasteiger partial charge in [-0.2, -0.15) is 0 Å². The lowest BCUT2D eigenvalue weighted by Crippen LogP contribution is -2.26. The normalized spacial score (nSPS) is 16.8. The third-order valence-corrected chi connectivity index (χ3v) is 2.84. The molecule has 1 aromatic rings. The summed E-state index contributed by atoms with van der Waals surface area (Å²) in [5.41, 5.74) is 0.807. The highest BCUT2D eigenvalue weighted by Crippen LogP contribution is 2.32. The molecule has 2 unspecified atom stereocenters. The maximum atomic E-state index is 9.66. The summed E-state index contributed by atoms with van der Waals surface area (Å²) in [6.07, 6.45) is -1.49. The van der Waals surface area contributed by atoms with Crippen molar-refractivity contribution >= 4 is 5.69 Å². The van der Waals surface area contributed by atoms with E-state index in [1.54, 1.807) is 0 Å². The first-order valence-electron chi connectivity index (χ1n) is 6.29. The van der Waals surface area contributed by atoms with Crippen molar-refractivity contribution in [1.29, 1.82) is 0 Å². The molecule has 1 aliphatic rings. The molecular weight excluding hydrogens is 250 g/mol. The molecule has 106 valence electrons. The van der Waals surface area contributed by atoms with Gasteiger partial charge in [-0.1, -0.05) is 0 Å². The molecule has 0 saturated carbocycles. The van der Waals surface area contributed by atoms with E-state index in [0.29, 0.717) is 24.7 Å². The van der Waals surface area contributed by atoms with Crippen LogP contribution in [0.3, 0.4) is 0 Å². The van der Waals surface area contributed by atoms with Gasteiger partial charge >= 0.3 is 0 Å². The van der Waals surface area contributed by atoms with E-state index < -0.39 is 12.2 Å². The number of anilines is 1. The molecule has 0 bridgehead atoms. The molecule has 1 aliphatic heterocycles. The maximum Gasteiger partial charge on any atom is 0.163 e. The van der Waals surface area contributed by atoms with Crippen molar-refractivity contribution in [2.75, 3.05) is 31.7 Å². The fourth-order valence-corrected chi connectivity index (χ4v) is 1.86. The second-order valence-corrected chi connectivity index (χ2v) is 4.47. The zero-order chi connectivity index (χ0) is 13.7. The number of hydrogen-bond donors (Lipinski definition) is 4. The number of ether oxygens (including phenoxy) is 2. The van der Waals surface area contributed by atoms with Gasteiger partial charge < -0.3 is 30.1 Å². The summed E-state index contributed by atoms with van der Waals surface area (Å²) in [5.74, 6) is 1.40. The summed E-state index contributed by atoms with van der Waals surface area (Å²) in [6.45, 7) is 1.02. The van der Waals surface area contributed by atoms with E-state index in [1.807, 2.05) is 18.2 Å². The summed E-state index contributed by atoms with van der Waals surface area (Å²) in [7, 11) is 0. The predicted molar refractivity (Wildman–Crippen MR) is 69.6 cm³/mol. The SMILES string of the molecule is OCC(O)CC(O)CNc1ccc2c(c1)OCCO2. The molecule has 0 fully saturated rings. The molecule has 1 heterocycles. The van der Waals surface area contributed by atoms with E-state index in [4.69, 9.17) is 14.6 Å². The molecule has 6 heteroatoms. The molecule has 0 amide bonds. The van der Waals surface area contributed by atoms with Crippen molar-refractivity contribution in [3.05, 3.63) is 18.2 Å². The Labute approximate surface area is 111 Å². The van der Waals surface area contributed by atoms with E-state index in [9.17, 15) is 10.2 Å². The topological polar surface area (TPSA) is 91.2 Å². The van der Waals surface area contributed by atoms with Crippen LogP contribution in [0.4, 0.5) is 5.69 Å². The van der Waals surface area contributed by atoms with Crippen molar-refractivity contribution < 1.29 is 24.8 Å². The Hall–Kier alpha value is -1.50. The highest BCUT2D eigenvalue weighted by molar-refractivity contribution is 5.55. The molecule has 19 heavy (non-hydrogen) atoms. The van der Waals surface area contributed by atoms with Crippen LogP contribution in [-0.4, -0.2) is 53.9 Å². The van der Waals surface area contributed by atoms with E-state index in [2.05, 4.69) is 5.32 Å². The van der Waals surface area contributed by atoms with Crippen molar-refractivity contribution in [2.45, 2.75) is 18.6 Å². The first kappa shape index (κ1) is 13.9. The summed E-state index contributed by atoms with van der Waals surface area (Å²) < 4.78 is 10.9. The van der Waals surface area contributed by atoms with Crippen LogP contribution in [0.15, 0.2) is 18.2 Å². The summed E-state index contributed by atoms with van der Waals surface area (Å²) in [6, 6.07) is 5.46. The number of fused-ring (bicyclic) bond motifs is 1. The molecule has 0 saturated heterocycles. The van der Waals surface area contributed by atoms with Gasteiger partial charge in [0.2, 0.25) is 0 Å². The van der Waals surface area contributed by atoms with Crippen LogP contribution in [-0.2, 0) is 0 Å². The Bertz CT molecular complexity index is 412. The molecule has 1 aromatic carbocycles. The first-order chi connectivity index (χ1) is 9.19. The lowest BCUT2D eigenvalue weighted by Gasteiger charge is -2.20. The third kappa shape index (κ3) is 3.99.